The van der Waals surface area contributed by atoms with Crippen molar-refractivity contribution in [2.75, 3.05) is 6.54 Å². The first kappa shape index (κ1) is 14.8. The van der Waals surface area contributed by atoms with Gasteiger partial charge in [0.15, 0.2) is 0 Å². The fourth-order valence-corrected chi connectivity index (χ4v) is 3.12. The molecule has 1 aliphatic carbocycles. The van der Waals surface area contributed by atoms with Gasteiger partial charge in [-0.2, -0.15) is 0 Å². The first-order valence-corrected chi connectivity index (χ1v) is 8.08. The Kier molecular flexibility index (Phi) is 4.56. The zero-order chi connectivity index (χ0) is 15.4. The van der Waals surface area contributed by atoms with Gasteiger partial charge in [-0.15, -0.1) is 0 Å². The summed E-state index contributed by atoms with van der Waals surface area (Å²) >= 11 is 0. The lowest BCUT2D eigenvalue weighted by atomic mass is 10.0. The van der Waals surface area contributed by atoms with Crippen molar-refractivity contribution >= 4 is 17.9 Å². The molecule has 2 fully saturated rings. The number of benzene rings is 1. The van der Waals surface area contributed by atoms with E-state index in [1.807, 2.05) is 30.3 Å². The van der Waals surface area contributed by atoms with Crippen molar-refractivity contribution in [3.8, 4) is 0 Å². The Hall–Kier alpha value is -2.10. The highest BCUT2D eigenvalue weighted by atomic mass is 16.2. The molecule has 1 N–H and O–H groups in total. The lowest BCUT2D eigenvalue weighted by Gasteiger charge is -2.39. The summed E-state index contributed by atoms with van der Waals surface area (Å²) in [4.78, 5) is 26.1. The highest BCUT2D eigenvalue weighted by Crippen LogP contribution is 2.21. The van der Waals surface area contributed by atoms with Gasteiger partial charge in [0.05, 0.1) is 0 Å². The molecule has 4 nitrogen and oxygen atoms in total. The molecule has 1 saturated carbocycles. The van der Waals surface area contributed by atoms with E-state index >= 15 is 0 Å². The number of hydrogen-bond donors (Lipinski definition) is 1. The number of carbonyl (C=O) groups is 2. The maximum absolute atomic E-state index is 12.2. The highest BCUT2D eigenvalue weighted by molar-refractivity contribution is 5.96. The van der Waals surface area contributed by atoms with Gasteiger partial charge in [0.2, 0.25) is 11.8 Å². The van der Waals surface area contributed by atoms with Crippen LogP contribution < -0.4 is 5.32 Å². The van der Waals surface area contributed by atoms with Gasteiger partial charge in [0.25, 0.3) is 0 Å². The fraction of sp³-hybridized carbons (Fsp3) is 0.444. The molecule has 0 aromatic heterocycles. The van der Waals surface area contributed by atoms with Crippen molar-refractivity contribution in [2.24, 2.45) is 0 Å². The van der Waals surface area contributed by atoms with Crippen LogP contribution in [0.4, 0.5) is 0 Å². The average molecular weight is 298 g/mol. The average Bonchev–Trinajstić information content (AvgIpc) is 2.98. The molecule has 2 aliphatic rings. The van der Waals surface area contributed by atoms with Crippen molar-refractivity contribution in [3.63, 3.8) is 0 Å². The molecular weight excluding hydrogens is 276 g/mol. The van der Waals surface area contributed by atoms with Crippen LogP contribution in [0.5, 0.6) is 0 Å². The SMILES string of the molecule is O=C(NC1CCCC1)C1CCN1C(=O)/C=C/c1ccccc1. The van der Waals surface area contributed by atoms with Crippen LogP contribution in [-0.4, -0.2) is 35.3 Å². The molecular formula is C18H22N2O2. The van der Waals surface area contributed by atoms with Gasteiger partial charge < -0.3 is 10.2 Å². The van der Waals surface area contributed by atoms with Crippen LogP contribution in [0.2, 0.25) is 0 Å². The maximum atomic E-state index is 12.2. The molecule has 1 aromatic carbocycles. The van der Waals surface area contributed by atoms with E-state index in [1.165, 1.54) is 12.8 Å². The molecule has 1 aliphatic heterocycles. The van der Waals surface area contributed by atoms with Crippen molar-refractivity contribution in [1.29, 1.82) is 0 Å². The van der Waals surface area contributed by atoms with E-state index in [9.17, 15) is 9.59 Å². The molecule has 22 heavy (non-hydrogen) atoms. The minimum atomic E-state index is -0.284. The quantitative estimate of drug-likeness (QED) is 0.868. The zero-order valence-corrected chi connectivity index (χ0v) is 12.7. The molecule has 116 valence electrons. The molecule has 1 unspecified atom stereocenters. The summed E-state index contributed by atoms with van der Waals surface area (Å²) in [6.45, 7) is 0.667. The van der Waals surface area contributed by atoms with E-state index in [1.54, 1.807) is 17.1 Å². The molecule has 1 aromatic rings. The Labute approximate surface area is 131 Å². The second-order valence-corrected chi connectivity index (χ2v) is 6.07. The minimum Gasteiger partial charge on any atom is -0.352 e. The Morgan fingerprint density at radius 1 is 1.09 bits per heavy atom. The Morgan fingerprint density at radius 3 is 2.45 bits per heavy atom. The van der Waals surface area contributed by atoms with E-state index in [0.717, 1.165) is 24.8 Å². The predicted octanol–water partition coefficient (Wildman–Crippen LogP) is 2.36. The summed E-state index contributed by atoms with van der Waals surface area (Å²) in [5.41, 5.74) is 0.989. The van der Waals surface area contributed by atoms with Crippen LogP contribution in [0.25, 0.3) is 6.08 Å². The topological polar surface area (TPSA) is 49.4 Å². The molecule has 0 spiro atoms. The number of carbonyl (C=O) groups excluding carboxylic acids is 2. The van der Waals surface area contributed by atoms with Gasteiger partial charge in [0, 0.05) is 18.7 Å². The van der Waals surface area contributed by atoms with Crippen LogP contribution in [0.15, 0.2) is 36.4 Å². The van der Waals surface area contributed by atoms with Crippen LogP contribution >= 0.6 is 0 Å². The van der Waals surface area contributed by atoms with Crippen LogP contribution in [0.1, 0.15) is 37.7 Å². The third-order valence-electron chi connectivity index (χ3n) is 4.52. The van der Waals surface area contributed by atoms with E-state index in [4.69, 9.17) is 0 Å². The van der Waals surface area contributed by atoms with Crippen LogP contribution in [0.3, 0.4) is 0 Å². The third-order valence-corrected chi connectivity index (χ3v) is 4.52. The first-order valence-electron chi connectivity index (χ1n) is 8.08. The monoisotopic (exact) mass is 298 g/mol. The lowest BCUT2D eigenvalue weighted by Crippen LogP contribution is -2.59. The van der Waals surface area contributed by atoms with Gasteiger partial charge in [-0.05, 0) is 30.9 Å². The number of nitrogens with one attached hydrogen (secondary N) is 1. The Bertz CT molecular complexity index is 562. The van der Waals surface area contributed by atoms with Crippen LogP contribution in [-0.2, 0) is 9.59 Å². The molecule has 0 radical (unpaired) electrons. The summed E-state index contributed by atoms with van der Waals surface area (Å²) in [6, 6.07) is 9.74. The van der Waals surface area contributed by atoms with E-state index < -0.39 is 0 Å². The summed E-state index contributed by atoms with van der Waals surface area (Å²) in [5.74, 6) is -0.0683. The van der Waals surface area contributed by atoms with Gasteiger partial charge in [0.1, 0.15) is 6.04 Å². The van der Waals surface area contributed by atoms with Crippen molar-refractivity contribution in [3.05, 3.63) is 42.0 Å². The number of nitrogens with zero attached hydrogens (tertiary/aromatic N) is 1. The second kappa shape index (κ2) is 6.77. The third kappa shape index (κ3) is 3.38. The smallest absolute Gasteiger partial charge is 0.247 e. The Balaban J connectivity index is 1.54. The Morgan fingerprint density at radius 2 is 1.82 bits per heavy atom. The van der Waals surface area contributed by atoms with E-state index in [0.29, 0.717) is 12.6 Å². The fourth-order valence-electron chi connectivity index (χ4n) is 3.12. The molecule has 3 rings (SSSR count). The number of amides is 2. The minimum absolute atomic E-state index is 0.0135. The van der Waals surface area contributed by atoms with Gasteiger partial charge in [-0.1, -0.05) is 43.2 Å². The largest absolute Gasteiger partial charge is 0.352 e. The molecule has 0 bridgehead atoms. The van der Waals surface area contributed by atoms with E-state index in [-0.39, 0.29) is 17.9 Å². The first-order chi connectivity index (χ1) is 10.7. The van der Waals surface area contributed by atoms with Crippen LogP contribution in [0, 0.1) is 0 Å². The molecule has 4 heteroatoms. The standard InChI is InChI=1S/C18H22N2O2/c21-17(11-10-14-6-2-1-3-7-14)20-13-12-16(20)18(22)19-15-8-4-5-9-15/h1-3,6-7,10-11,15-16H,4-5,8-9,12-13H2,(H,19,22)/b11-10+. The predicted molar refractivity (Wildman–Crippen MR) is 86.0 cm³/mol. The van der Waals surface area contributed by atoms with Crippen molar-refractivity contribution < 1.29 is 9.59 Å². The summed E-state index contributed by atoms with van der Waals surface area (Å²) < 4.78 is 0. The summed E-state index contributed by atoms with van der Waals surface area (Å²) in [7, 11) is 0. The zero-order valence-electron chi connectivity index (χ0n) is 12.7. The van der Waals surface area contributed by atoms with Gasteiger partial charge >= 0.3 is 0 Å². The van der Waals surface area contributed by atoms with Crippen molar-refractivity contribution in [1.82, 2.24) is 10.2 Å². The molecule has 2 amide bonds. The number of likely N-dealkylation sites (tertiary alicyclic amines) is 1. The summed E-state index contributed by atoms with van der Waals surface area (Å²) in [5, 5.41) is 3.08. The van der Waals surface area contributed by atoms with Crippen molar-refractivity contribution in [2.45, 2.75) is 44.2 Å². The lowest BCUT2D eigenvalue weighted by molar-refractivity contribution is -0.144. The summed E-state index contributed by atoms with van der Waals surface area (Å²) in [6.07, 6.45) is 8.65. The van der Waals surface area contributed by atoms with E-state index in [2.05, 4.69) is 5.32 Å². The van der Waals surface area contributed by atoms with Gasteiger partial charge in [-0.25, -0.2) is 0 Å². The normalized spacial score (nSPS) is 21.8. The highest BCUT2D eigenvalue weighted by Gasteiger charge is 2.37. The van der Waals surface area contributed by atoms with Gasteiger partial charge in [-0.3, -0.25) is 9.59 Å². The molecule has 1 atom stereocenters. The molecule has 1 saturated heterocycles. The second-order valence-electron chi connectivity index (χ2n) is 6.07. The number of hydrogen-bond acceptors (Lipinski definition) is 2. The number of rotatable bonds is 4. The maximum Gasteiger partial charge on any atom is 0.247 e. The molecule has 1 heterocycles.